The van der Waals surface area contributed by atoms with Gasteiger partial charge in [-0.25, -0.2) is 14.2 Å². The number of hydrogen-bond acceptors (Lipinski definition) is 8. The Bertz CT molecular complexity index is 1290. The van der Waals surface area contributed by atoms with Crippen LogP contribution in [0.1, 0.15) is 72.1 Å². The van der Waals surface area contributed by atoms with Crippen molar-refractivity contribution in [2.24, 2.45) is 0 Å². The molecule has 39 heavy (non-hydrogen) atoms. The summed E-state index contributed by atoms with van der Waals surface area (Å²) < 4.78 is 27.3. The number of hydrogen-bond donors (Lipinski definition) is 0. The number of halogens is 2. The van der Waals surface area contributed by atoms with Crippen molar-refractivity contribution in [3.05, 3.63) is 17.2 Å². The predicted octanol–water partition coefficient (Wildman–Crippen LogP) is 4.94. The van der Waals surface area contributed by atoms with Crippen LogP contribution in [0.2, 0.25) is 5.15 Å². The summed E-state index contributed by atoms with van der Waals surface area (Å²) in [6, 6.07) is 1.46. The molecule has 9 nitrogen and oxygen atoms in total. The van der Waals surface area contributed by atoms with Crippen LogP contribution in [-0.2, 0) is 4.74 Å². The largest absolute Gasteiger partial charge is 0.461 e. The summed E-state index contributed by atoms with van der Waals surface area (Å²) in [7, 11) is 0. The van der Waals surface area contributed by atoms with Crippen molar-refractivity contribution >= 4 is 34.4 Å². The highest BCUT2D eigenvalue weighted by Crippen LogP contribution is 2.52. The first kappa shape index (κ1) is 25.5. The fraction of sp³-hybridized carbons (Fsp3) is 0.714. The van der Waals surface area contributed by atoms with Gasteiger partial charge in [-0.05, 0) is 72.1 Å². The second-order valence-corrected chi connectivity index (χ2v) is 13.4. The van der Waals surface area contributed by atoms with Gasteiger partial charge >= 0.3 is 12.1 Å². The lowest BCUT2D eigenvalue weighted by atomic mass is 9.95. The standard InChI is InChI=1S/C28H36ClFN6O3/c1-27(2,3)39-26(37)35-18-6-7-19(35)14-34(13-18)24-20-12-31-23(29)21(30)22(20)32-25(33-24)38-15-28-10-8-16-4-5-17(9-11-28)36(16)28/h12,16-19H,4-11,13-15H2,1-3H3. The Kier molecular flexibility index (Phi) is 5.90. The van der Waals surface area contributed by atoms with Crippen LogP contribution >= 0.6 is 11.6 Å². The molecular formula is C28H36ClFN6O3. The van der Waals surface area contributed by atoms with Crippen molar-refractivity contribution in [2.45, 2.75) is 107 Å². The Morgan fingerprint density at radius 3 is 2.33 bits per heavy atom. The van der Waals surface area contributed by atoms with Gasteiger partial charge in [0.05, 0.1) is 23.0 Å². The number of rotatable bonds is 4. The normalized spacial score (nSPS) is 31.8. The number of nitrogens with zero attached hydrogens (tertiary/aromatic N) is 6. The molecule has 2 bridgehead atoms. The Balaban J connectivity index is 1.18. The van der Waals surface area contributed by atoms with Crippen molar-refractivity contribution in [3.63, 3.8) is 0 Å². The van der Waals surface area contributed by atoms with E-state index in [1.807, 2.05) is 25.7 Å². The lowest BCUT2D eigenvalue weighted by Gasteiger charge is -2.42. The maximum absolute atomic E-state index is 15.2. The fourth-order valence-corrected chi connectivity index (χ4v) is 8.11. The third-order valence-corrected chi connectivity index (χ3v) is 9.77. The lowest BCUT2D eigenvalue weighted by molar-refractivity contribution is 0.0122. The number of fused-ring (bicyclic) bond motifs is 3. The summed E-state index contributed by atoms with van der Waals surface area (Å²) in [5.74, 6) is -0.0938. The zero-order valence-electron chi connectivity index (χ0n) is 22.8. The Hall–Kier alpha value is -2.46. The highest BCUT2D eigenvalue weighted by atomic mass is 35.5. The van der Waals surface area contributed by atoms with Crippen LogP contribution in [0.3, 0.4) is 0 Å². The Morgan fingerprint density at radius 1 is 1.05 bits per heavy atom. The van der Waals surface area contributed by atoms with Crippen LogP contribution in [0.4, 0.5) is 15.0 Å². The maximum Gasteiger partial charge on any atom is 0.410 e. The van der Waals surface area contributed by atoms with Gasteiger partial charge in [-0.2, -0.15) is 9.97 Å². The number of ether oxygens (including phenoxy) is 2. The van der Waals surface area contributed by atoms with Crippen LogP contribution in [-0.4, -0.2) is 85.8 Å². The first-order valence-electron chi connectivity index (χ1n) is 14.3. The average molecular weight is 559 g/mol. The topological polar surface area (TPSA) is 83.9 Å². The molecule has 0 aliphatic carbocycles. The molecule has 4 unspecified atom stereocenters. The fourth-order valence-electron chi connectivity index (χ4n) is 7.97. The summed E-state index contributed by atoms with van der Waals surface area (Å²) in [6.45, 7) is 7.27. The second kappa shape index (κ2) is 9.03. The van der Waals surface area contributed by atoms with Gasteiger partial charge in [0.1, 0.15) is 23.5 Å². The molecule has 1 amide bonds. The average Bonchev–Trinajstić information content (AvgIpc) is 3.62. The molecule has 5 fully saturated rings. The minimum Gasteiger partial charge on any atom is -0.461 e. The van der Waals surface area contributed by atoms with Crippen molar-refractivity contribution in [1.29, 1.82) is 0 Å². The Labute approximate surface area is 233 Å². The quantitative estimate of drug-likeness (QED) is 0.488. The Morgan fingerprint density at radius 2 is 1.69 bits per heavy atom. The van der Waals surface area contributed by atoms with E-state index in [0.717, 1.165) is 25.7 Å². The van der Waals surface area contributed by atoms with Gasteiger partial charge < -0.3 is 14.4 Å². The molecule has 210 valence electrons. The number of carbonyl (C=O) groups is 1. The molecule has 0 aromatic carbocycles. The predicted molar refractivity (Wildman–Crippen MR) is 145 cm³/mol. The molecule has 0 spiro atoms. The highest BCUT2D eigenvalue weighted by molar-refractivity contribution is 6.30. The first-order valence-corrected chi connectivity index (χ1v) is 14.7. The zero-order valence-corrected chi connectivity index (χ0v) is 23.6. The number of anilines is 1. The van der Waals surface area contributed by atoms with Crippen molar-refractivity contribution in [2.75, 3.05) is 24.6 Å². The molecule has 7 heterocycles. The van der Waals surface area contributed by atoms with Crippen molar-refractivity contribution < 1.29 is 18.7 Å². The number of carbonyl (C=O) groups excluding carboxylic acids is 1. The SMILES string of the molecule is CC(C)(C)OC(=O)N1C2CCC1CN(c1nc(OCC34CCC5CCC(CC3)N54)nc3c(F)c(Cl)ncc13)C2. The summed E-state index contributed by atoms with van der Waals surface area (Å²) in [6.07, 6.45) is 10.2. The van der Waals surface area contributed by atoms with E-state index in [-0.39, 0.29) is 40.4 Å². The molecule has 5 aliphatic rings. The highest BCUT2D eigenvalue weighted by Gasteiger charge is 2.56. The molecule has 2 aromatic rings. The van der Waals surface area contributed by atoms with Gasteiger partial charge in [-0.1, -0.05) is 11.6 Å². The molecule has 11 heteroatoms. The molecule has 0 N–H and O–H groups in total. The van der Waals surface area contributed by atoms with Gasteiger partial charge in [0.2, 0.25) is 0 Å². The third-order valence-electron chi connectivity index (χ3n) is 9.51. The van der Waals surface area contributed by atoms with E-state index in [1.165, 1.54) is 31.9 Å². The lowest BCUT2D eigenvalue weighted by Crippen LogP contribution is -2.57. The first-order chi connectivity index (χ1) is 18.6. The molecule has 2 aromatic heterocycles. The summed E-state index contributed by atoms with van der Waals surface area (Å²) in [5.41, 5.74) is -0.417. The van der Waals surface area contributed by atoms with Crippen molar-refractivity contribution in [3.8, 4) is 6.01 Å². The number of aromatic nitrogens is 3. The van der Waals surface area contributed by atoms with E-state index in [0.29, 0.717) is 43.0 Å². The molecule has 5 saturated heterocycles. The monoisotopic (exact) mass is 558 g/mol. The molecule has 5 aliphatic heterocycles. The molecule has 4 atom stereocenters. The molecular weight excluding hydrogens is 523 g/mol. The minimum atomic E-state index is -0.669. The number of pyridine rings is 1. The number of piperazine rings is 1. The van der Waals surface area contributed by atoms with E-state index in [4.69, 9.17) is 26.1 Å². The van der Waals surface area contributed by atoms with E-state index in [2.05, 4.69) is 19.8 Å². The van der Waals surface area contributed by atoms with Gasteiger partial charge in [-0.15, -0.1) is 0 Å². The van der Waals surface area contributed by atoms with Crippen LogP contribution in [0.5, 0.6) is 6.01 Å². The summed E-state index contributed by atoms with van der Waals surface area (Å²) in [4.78, 5) is 33.1. The van der Waals surface area contributed by atoms with Gasteiger partial charge in [0.25, 0.3) is 0 Å². The van der Waals surface area contributed by atoms with E-state index in [9.17, 15) is 4.79 Å². The van der Waals surface area contributed by atoms with E-state index in [1.54, 1.807) is 0 Å². The van der Waals surface area contributed by atoms with Gasteiger partial charge in [-0.3, -0.25) is 9.80 Å². The van der Waals surface area contributed by atoms with E-state index >= 15 is 4.39 Å². The maximum atomic E-state index is 15.2. The smallest absolute Gasteiger partial charge is 0.410 e. The van der Waals surface area contributed by atoms with Crippen LogP contribution < -0.4 is 9.64 Å². The molecule has 0 radical (unpaired) electrons. The second-order valence-electron chi connectivity index (χ2n) is 13.0. The molecule has 0 saturated carbocycles. The number of amides is 1. The van der Waals surface area contributed by atoms with Crippen molar-refractivity contribution in [1.82, 2.24) is 24.8 Å². The van der Waals surface area contributed by atoms with Gasteiger partial charge in [0.15, 0.2) is 11.0 Å². The summed E-state index contributed by atoms with van der Waals surface area (Å²) in [5, 5.41) is 0.273. The molecule has 7 rings (SSSR count). The van der Waals surface area contributed by atoms with Crippen LogP contribution in [0.25, 0.3) is 10.9 Å². The zero-order chi connectivity index (χ0) is 27.1. The minimum absolute atomic E-state index is 0.0158. The summed E-state index contributed by atoms with van der Waals surface area (Å²) >= 11 is 6.07. The van der Waals surface area contributed by atoms with Gasteiger partial charge in [0, 0.05) is 31.4 Å². The van der Waals surface area contributed by atoms with Crippen LogP contribution in [0.15, 0.2) is 6.20 Å². The van der Waals surface area contributed by atoms with Crippen LogP contribution in [0, 0.1) is 5.82 Å². The third kappa shape index (κ3) is 4.20. The van der Waals surface area contributed by atoms with E-state index < -0.39 is 11.4 Å².